The standard InChI is InChI=1S/C29H27NO/c31-29(28-19-11-10-18-27(28)21-20-24-12-4-1-5-13-24)30(22-25-14-6-2-7-15-25)23-26-16-8-3-9-17-26/h1-19H,20-23H2. The van der Waals surface area contributed by atoms with Crippen LogP contribution in [-0.4, -0.2) is 10.8 Å². The number of hydrogen-bond donors (Lipinski definition) is 0. The van der Waals surface area contributed by atoms with Gasteiger partial charge in [0.15, 0.2) is 0 Å². The van der Waals surface area contributed by atoms with Crippen LogP contribution in [0.1, 0.15) is 32.6 Å². The topological polar surface area (TPSA) is 20.3 Å². The van der Waals surface area contributed by atoms with Crippen LogP contribution < -0.4 is 0 Å². The van der Waals surface area contributed by atoms with E-state index in [1.165, 1.54) is 5.56 Å². The molecule has 0 heterocycles. The molecule has 4 aromatic rings. The van der Waals surface area contributed by atoms with Crippen LogP contribution in [0.2, 0.25) is 0 Å². The van der Waals surface area contributed by atoms with E-state index in [1.54, 1.807) is 0 Å². The Morgan fingerprint density at radius 3 is 1.52 bits per heavy atom. The Kier molecular flexibility index (Phi) is 6.92. The maximum absolute atomic E-state index is 13.7. The van der Waals surface area contributed by atoms with Gasteiger partial charge in [0.2, 0.25) is 0 Å². The first-order valence-electron chi connectivity index (χ1n) is 10.8. The summed E-state index contributed by atoms with van der Waals surface area (Å²) in [6, 6.07) is 38.9. The van der Waals surface area contributed by atoms with Crippen molar-refractivity contribution in [1.29, 1.82) is 0 Å². The third kappa shape index (κ3) is 5.70. The van der Waals surface area contributed by atoms with E-state index in [2.05, 4.69) is 54.6 Å². The molecule has 4 aromatic carbocycles. The number of carbonyl (C=O) groups excluding carboxylic acids is 1. The van der Waals surface area contributed by atoms with Crippen LogP contribution in [-0.2, 0) is 25.9 Å². The van der Waals surface area contributed by atoms with Gasteiger partial charge in [0.25, 0.3) is 5.91 Å². The quantitative estimate of drug-likeness (QED) is 0.336. The summed E-state index contributed by atoms with van der Waals surface area (Å²) >= 11 is 0. The minimum atomic E-state index is 0.0800. The first kappa shape index (κ1) is 20.6. The molecule has 0 radical (unpaired) electrons. The van der Waals surface area contributed by atoms with E-state index in [0.29, 0.717) is 13.1 Å². The second-order valence-electron chi connectivity index (χ2n) is 7.78. The van der Waals surface area contributed by atoms with Gasteiger partial charge in [-0.05, 0) is 41.2 Å². The summed E-state index contributed by atoms with van der Waals surface area (Å²) in [6.07, 6.45) is 1.76. The number of rotatable bonds is 8. The molecule has 4 rings (SSSR count). The fraction of sp³-hybridized carbons (Fsp3) is 0.138. The van der Waals surface area contributed by atoms with E-state index in [1.807, 2.05) is 65.6 Å². The molecule has 0 aliphatic heterocycles. The number of aryl methyl sites for hydroxylation is 2. The fourth-order valence-corrected chi connectivity index (χ4v) is 3.85. The highest BCUT2D eigenvalue weighted by Crippen LogP contribution is 2.19. The maximum atomic E-state index is 13.7. The third-order valence-corrected chi connectivity index (χ3v) is 5.49. The number of amides is 1. The molecule has 0 atom stereocenters. The van der Waals surface area contributed by atoms with Crippen molar-refractivity contribution < 1.29 is 4.79 Å². The van der Waals surface area contributed by atoms with Crippen molar-refractivity contribution in [3.8, 4) is 0 Å². The SMILES string of the molecule is O=C(c1ccccc1CCc1ccccc1)N(Cc1ccccc1)Cc1ccccc1. The number of benzene rings is 4. The molecule has 1 amide bonds. The van der Waals surface area contributed by atoms with E-state index in [4.69, 9.17) is 0 Å². The lowest BCUT2D eigenvalue weighted by molar-refractivity contribution is 0.0729. The summed E-state index contributed by atoms with van der Waals surface area (Å²) in [4.78, 5) is 15.7. The predicted octanol–water partition coefficient (Wildman–Crippen LogP) is 6.31. The minimum absolute atomic E-state index is 0.0800. The Morgan fingerprint density at radius 1 is 0.516 bits per heavy atom. The van der Waals surface area contributed by atoms with Gasteiger partial charge in [-0.3, -0.25) is 4.79 Å². The highest BCUT2D eigenvalue weighted by atomic mass is 16.2. The number of hydrogen-bond acceptors (Lipinski definition) is 1. The van der Waals surface area contributed by atoms with Gasteiger partial charge in [0.1, 0.15) is 0 Å². The second kappa shape index (κ2) is 10.4. The molecular formula is C29H27NO. The molecule has 0 aliphatic carbocycles. The summed E-state index contributed by atoms with van der Waals surface area (Å²) in [5.41, 5.74) is 5.45. The molecule has 0 aliphatic rings. The van der Waals surface area contributed by atoms with E-state index in [-0.39, 0.29) is 5.91 Å². The number of carbonyl (C=O) groups is 1. The second-order valence-corrected chi connectivity index (χ2v) is 7.78. The average Bonchev–Trinajstić information content (AvgIpc) is 2.84. The molecule has 154 valence electrons. The molecular weight excluding hydrogens is 378 g/mol. The first-order valence-corrected chi connectivity index (χ1v) is 10.8. The Labute approximate surface area is 184 Å². The van der Waals surface area contributed by atoms with Crippen molar-refractivity contribution in [2.75, 3.05) is 0 Å². The van der Waals surface area contributed by atoms with Crippen molar-refractivity contribution in [3.05, 3.63) is 143 Å². The lowest BCUT2D eigenvalue weighted by Crippen LogP contribution is -2.31. The summed E-state index contributed by atoms with van der Waals surface area (Å²) in [6.45, 7) is 1.17. The van der Waals surface area contributed by atoms with Crippen LogP contribution in [0.15, 0.2) is 115 Å². The zero-order chi connectivity index (χ0) is 21.3. The molecule has 31 heavy (non-hydrogen) atoms. The van der Waals surface area contributed by atoms with Gasteiger partial charge in [-0.25, -0.2) is 0 Å². The zero-order valence-corrected chi connectivity index (χ0v) is 17.7. The molecule has 0 N–H and O–H groups in total. The van der Waals surface area contributed by atoms with Gasteiger partial charge < -0.3 is 4.90 Å². The Hall–Kier alpha value is -3.65. The van der Waals surface area contributed by atoms with Crippen LogP contribution in [0.5, 0.6) is 0 Å². The molecule has 0 unspecified atom stereocenters. The Bertz CT molecular complexity index is 1050. The first-order chi connectivity index (χ1) is 15.3. The lowest BCUT2D eigenvalue weighted by Gasteiger charge is -2.24. The summed E-state index contributed by atoms with van der Waals surface area (Å²) in [5.74, 6) is 0.0800. The van der Waals surface area contributed by atoms with E-state index < -0.39 is 0 Å². The van der Waals surface area contributed by atoms with Crippen molar-refractivity contribution in [2.24, 2.45) is 0 Å². The molecule has 0 spiro atoms. The minimum Gasteiger partial charge on any atom is -0.330 e. The van der Waals surface area contributed by atoms with E-state index in [0.717, 1.165) is 35.1 Å². The highest BCUT2D eigenvalue weighted by molar-refractivity contribution is 5.95. The molecule has 0 fully saturated rings. The van der Waals surface area contributed by atoms with Crippen molar-refractivity contribution >= 4 is 5.91 Å². The molecule has 2 heteroatoms. The zero-order valence-electron chi connectivity index (χ0n) is 17.7. The van der Waals surface area contributed by atoms with Crippen LogP contribution in [0.4, 0.5) is 0 Å². The van der Waals surface area contributed by atoms with Gasteiger partial charge >= 0.3 is 0 Å². The van der Waals surface area contributed by atoms with E-state index in [9.17, 15) is 4.79 Å². The summed E-state index contributed by atoms with van der Waals surface area (Å²) in [7, 11) is 0. The Morgan fingerprint density at radius 2 is 0.968 bits per heavy atom. The Balaban J connectivity index is 1.58. The molecule has 0 saturated heterocycles. The van der Waals surface area contributed by atoms with Gasteiger partial charge in [-0.1, -0.05) is 109 Å². The number of nitrogens with zero attached hydrogens (tertiary/aromatic N) is 1. The van der Waals surface area contributed by atoms with Crippen molar-refractivity contribution in [1.82, 2.24) is 4.90 Å². The van der Waals surface area contributed by atoms with Gasteiger partial charge in [0.05, 0.1) is 0 Å². The monoisotopic (exact) mass is 405 g/mol. The van der Waals surface area contributed by atoms with Crippen LogP contribution in [0.25, 0.3) is 0 Å². The largest absolute Gasteiger partial charge is 0.330 e. The third-order valence-electron chi connectivity index (χ3n) is 5.49. The lowest BCUT2D eigenvalue weighted by atomic mass is 9.98. The van der Waals surface area contributed by atoms with Crippen molar-refractivity contribution in [2.45, 2.75) is 25.9 Å². The normalized spacial score (nSPS) is 10.6. The van der Waals surface area contributed by atoms with Crippen LogP contribution >= 0.6 is 0 Å². The van der Waals surface area contributed by atoms with Gasteiger partial charge in [-0.2, -0.15) is 0 Å². The molecule has 0 saturated carbocycles. The van der Waals surface area contributed by atoms with Gasteiger partial charge in [-0.15, -0.1) is 0 Å². The highest BCUT2D eigenvalue weighted by Gasteiger charge is 2.19. The predicted molar refractivity (Wildman–Crippen MR) is 127 cm³/mol. The average molecular weight is 406 g/mol. The van der Waals surface area contributed by atoms with Gasteiger partial charge in [0, 0.05) is 18.7 Å². The molecule has 2 nitrogen and oxygen atoms in total. The summed E-state index contributed by atoms with van der Waals surface area (Å²) < 4.78 is 0. The van der Waals surface area contributed by atoms with Crippen molar-refractivity contribution in [3.63, 3.8) is 0 Å². The summed E-state index contributed by atoms with van der Waals surface area (Å²) in [5, 5.41) is 0. The van der Waals surface area contributed by atoms with Crippen LogP contribution in [0, 0.1) is 0 Å². The van der Waals surface area contributed by atoms with E-state index >= 15 is 0 Å². The molecule has 0 bridgehead atoms. The van der Waals surface area contributed by atoms with Crippen LogP contribution in [0.3, 0.4) is 0 Å². The fourth-order valence-electron chi connectivity index (χ4n) is 3.85. The maximum Gasteiger partial charge on any atom is 0.254 e. The smallest absolute Gasteiger partial charge is 0.254 e. The molecule has 0 aromatic heterocycles.